The van der Waals surface area contributed by atoms with Crippen molar-refractivity contribution in [3.8, 4) is 5.75 Å². The average Bonchev–Trinajstić information content (AvgIpc) is 3.22. The van der Waals surface area contributed by atoms with Gasteiger partial charge in [-0.05, 0) is 49.9 Å². The Morgan fingerprint density at radius 1 is 1.23 bits per heavy atom. The van der Waals surface area contributed by atoms with Crippen molar-refractivity contribution in [2.75, 3.05) is 40.0 Å². The van der Waals surface area contributed by atoms with E-state index in [1.54, 1.807) is 20.2 Å². The summed E-state index contributed by atoms with van der Waals surface area (Å²) in [5.41, 5.74) is 4.98. The van der Waals surface area contributed by atoms with Crippen LogP contribution in [0.2, 0.25) is 0 Å². The predicted molar refractivity (Wildman–Crippen MR) is 118 cm³/mol. The number of carbonyl (C=O) groups excluding carboxylic acids is 1. The van der Waals surface area contributed by atoms with Gasteiger partial charge in [0.25, 0.3) is 0 Å². The number of aliphatic hydroxyl groups is 1. The Kier molecular flexibility index (Phi) is 8.06. The molecule has 3 rings (SSSR count). The number of H-pyrrole nitrogens is 1. The van der Waals surface area contributed by atoms with E-state index in [1.165, 1.54) is 16.7 Å². The highest BCUT2D eigenvalue weighted by Gasteiger charge is 2.28. The number of rotatable bonds is 9. The molecule has 8 heteroatoms. The first-order valence-corrected chi connectivity index (χ1v) is 10.9. The summed E-state index contributed by atoms with van der Waals surface area (Å²) in [5, 5.41) is 16.5. The zero-order valence-corrected chi connectivity index (χ0v) is 19.0. The normalized spacial score (nSPS) is 17.6. The summed E-state index contributed by atoms with van der Waals surface area (Å²) in [6.07, 6.45) is 2.41. The van der Waals surface area contributed by atoms with Gasteiger partial charge in [0.05, 0.1) is 19.9 Å². The first kappa shape index (κ1) is 23.2. The highest BCUT2D eigenvalue weighted by Crippen LogP contribution is 2.26. The molecule has 1 atom stereocenters. The van der Waals surface area contributed by atoms with Crippen LogP contribution in [0.3, 0.4) is 0 Å². The van der Waals surface area contributed by atoms with Gasteiger partial charge in [-0.3, -0.25) is 14.9 Å². The highest BCUT2D eigenvalue weighted by molar-refractivity contribution is 5.88. The summed E-state index contributed by atoms with van der Waals surface area (Å²) in [6.45, 7) is 10.6. The minimum atomic E-state index is -0.370. The first-order valence-electron chi connectivity index (χ1n) is 10.9. The van der Waals surface area contributed by atoms with Crippen LogP contribution in [0.15, 0.2) is 18.3 Å². The Labute approximate surface area is 184 Å². The molecule has 1 aromatic carbocycles. The quantitative estimate of drug-likeness (QED) is 0.590. The molecule has 0 amide bonds. The van der Waals surface area contributed by atoms with Crippen LogP contribution in [0.5, 0.6) is 5.75 Å². The topological polar surface area (TPSA) is 90.9 Å². The van der Waals surface area contributed by atoms with Crippen LogP contribution in [0.1, 0.15) is 46.1 Å². The number of methoxy groups -OCH3 is 1. The van der Waals surface area contributed by atoms with Crippen molar-refractivity contribution in [3.05, 3.63) is 46.3 Å². The number of aliphatic hydroxyl groups excluding tert-OH is 1. The Bertz CT molecular complexity index is 882. The molecule has 170 valence electrons. The summed E-state index contributed by atoms with van der Waals surface area (Å²) < 4.78 is 10.6. The Morgan fingerprint density at radius 3 is 2.74 bits per heavy atom. The Hall–Kier alpha value is -2.42. The third kappa shape index (κ3) is 5.44. The Balaban J connectivity index is 1.68. The minimum Gasteiger partial charge on any atom is -0.496 e. The molecule has 0 aliphatic carbocycles. The van der Waals surface area contributed by atoms with E-state index in [4.69, 9.17) is 9.47 Å². The molecular formula is C23H34N4O4. The molecule has 2 heterocycles. The van der Waals surface area contributed by atoms with Gasteiger partial charge in [-0.1, -0.05) is 6.07 Å². The van der Waals surface area contributed by atoms with Crippen molar-refractivity contribution in [1.29, 1.82) is 0 Å². The van der Waals surface area contributed by atoms with Crippen LogP contribution in [-0.4, -0.2) is 77.1 Å². The van der Waals surface area contributed by atoms with E-state index in [0.717, 1.165) is 37.5 Å². The van der Waals surface area contributed by atoms with Crippen LogP contribution in [0.25, 0.3) is 0 Å². The summed E-state index contributed by atoms with van der Waals surface area (Å²) >= 11 is 0. The van der Waals surface area contributed by atoms with Crippen molar-refractivity contribution in [2.45, 2.75) is 46.3 Å². The lowest BCUT2D eigenvalue weighted by molar-refractivity contribution is 0.0474. The number of aromatic amines is 1. The zero-order valence-electron chi connectivity index (χ0n) is 19.0. The zero-order chi connectivity index (χ0) is 22.4. The molecule has 0 radical (unpaired) electrons. The van der Waals surface area contributed by atoms with Crippen molar-refractivity contribution < 1.29 is 19.4 Å². The highest BCUT2D eigenvalue weighted by atomic mass is 16.5. The number of ether oxygens (including phenoxy) is 2. The number of nitrogens with zero attached hydrogens (tertiary/aromatic N) is 3. The third-order valence-corrected chi connectivity index (χ3v) is 6.19. The molecule has 31 heavy (non-hydrogen) atoms. The molecule has 0 spiro atoms. The number of benzene rings is 1. The van der Waals surface area contributed by atoms with Gasteiger partial charge >= 0.3 is 5.97 Å². The van der Waals surface area contributed by atoms with E-state index in [9.17, 15) is 9.90 Å². The van der Waals surface area contributed by atoms with Crippen LogP contribution in [-0.2, 0) is 17.8 Å². The second kappa shape index (κ2) is 10.7. The number of esters is 1. The molecule has 1 fully saturated rings. The first-order chi connectivity index (χ1) is 15.0. The maximum absolute atomic E-state index is 12.1. The molecule has 2 N–H and O–H groups in total. The van der Waals surface area contributed by atoms with E-state index < -0.39 is 0 Å². The fourth-order valence-electron chi connectivity index (χ4n) is 4.25. The van der Waals surface area contributed by atoms with Gasteiger partial charge in [0.2, 0.25) is 0 Å². The van der Waals surface area contributed by atoms with E-state index in [-0.39, 0.29) is 18.6 Å². The van der Waals surface area contributed by atoms with Gasteiger partial charge in [-0.15, -0.1) is 0 Å². The number of piperazine rings is 1. The van der Waals surface area contributed by atoms with Gasteiger partial charge in [-0.2, -0.15) is 5.10 Å². The molecular weight excluding hydrogens is 396 g/mol. The van der Waals surface area contributed by atoms with Gasteiger partial charge < -0.3 is 14.6 Å². The lowest BCUT2D eigenvalue weighted by atomic mass is 10.00. The lowest BCUT2D eigenvalue weighted by Crippen LogP contribution is -2.52. The summed E-state index contributed by atoms with van der Waals surface area (Å²) in [5.74, 6) is 0.543. The van der Waals surface area contributed by atoms with Crippen molar-refractivity contribution in [1.82, 2.24) is 20.0 Å². The molecule has 0 bridgehead atoms. The average molecular weight is 431 g/mol. The number of hydrogen-bond donors (Lipinski definition) is 2. The third-order valence-electron chi connectivity index (χ3n) is 6.19. The monoisotopic (exact) mass is 430 g/mol. The fourth-order valence-corrected chi connectivity index (χ4v) is 4.25. The number of aromatic nitrogens is 2. The fraction of sp³-hybridized carbons (Fsp3) is 0.565. The van der Waals surface area contributed by atoms with Crippen LogP contribution < -0.4 is 4.74 Å². The molecule has 8 nitrogen and oxygen atoms in total. The molecule has 2 aromatic rings. The molecule has 1 saturated heterocycles. The lowest BCUT2D eigenvalue weighted by Gasteiger charge is -2.41. The van der Waals surface area contributed by atoms with Gasteiger partial charge in [0.1, 0.15) is 11.4 Å². The standard InChI is InChI=1S/C23H34N4O4/c1-5-31-23(29)22-19(12-24-25-22)13-26-9-10-27(20(15-26)8-11-28)14-18-6-7-21(30-4)17(3)16(18)2/h6-7,12,20,28H,5,8-11,13-15H2,1-4H3,(H,24,25). The minimum absolute atomic E-state index is 0.148. The van der Waals surface area contributed by atoms with Crippen molar-refractivity contribution >= 4 is 5.97 Å². The van der Waals surface area contributed by atoms with E-state index in [2.05, 4.69) is 39.9 Å². The molecule has 1 unspecified atom stereocenters. The van der Waals surface area contributed by atoms with E-state index in [1.807, 2.05) is 6.07 Å². The second-order valence-corrected chi connectivity index (χ2v) is 8.04. The number of hydrogen-bond acceptors (Lipinski definition) is 7. The number of carbonyl (C=O) groups is 1. The maximum atomic E-state index is 12.1. The van der Waals surface area contributed by atoms with Gasteiger partial charge in [-0.25, -0.2) is 4.79 Å². The van der Waals surface area contributed by atoms with E-state index >= 15 is 0 Å². The molecule has 1 aliphatic heterocycles. The molecule has 1 aliphatic rings. The SMILES string of the molecule is CCOC(=O)c1[nH]ncc1CN1CCN(Cc2ccc(OC)c(C)c2C)C(CCO)C1. The summed E-state index contributed by atoms with van der Waals surface area (Å²) in [4.78, 5) is 16.9. The van der Waals surface area contributed by atoms with Crippen LogP contribution in [0.4, 0.5) is 0 Å². The van der Waals surface area contributed by atoms with E-state index in [0.29, 0.717) is 25.3 Å². The largest absolute Gasteiger partial charge is 0.496 e. The maximum Gasteiger partial charge on any atom is 0.356 e. The van der Waals surface area contributed by atoms with Crippen LogP contribution in [0, 0.1) is 13.8 Å². The van der Waals surface area contributed by atoms with Gasteiger partial charge in [0, 0.05) is 50.9 Å². The van der Waals surface area contributed by atoms with Crippen molar-refractivity contribution in [3.63, 3.8) is 0 Å². The molecule has 1 aromatic heterocycles. The Morgan fingerprint density at radius 2 is 2.03 bits per heavy atom. The summed E-state index contributed by atoms with van der Waals surface area (Å²) in [6, 6.07) is 4.41. The number of nitrogens with one attached hydrogen (secondary N) is 1. The van der Waals surface area contributed by atoms with Crippen molar-refractivity contribution in [2.24, 2.45) is 0 Å². The smallest absolute Gasteiger partial charge is 0.356 e. The van der Waals surface area contributed by atoms with Crippen LogP contribution >= 0.6 is 0 Å². The van der Waals surface area contributed by atoms with Gasteiger partial charge in [0.15, 0.2) is 0 Å². The molecule has 0 saturated carbocycles. The second-order valence-electron chi connectivity index (χ2n) is 8.04. The summed E-state index contributed by atoms with van der Waals surface area (Å²) in [7, 11) is 1.70. The predicted octanol–water partition coefficient (Wildman–Crippen LogP) is 2.28.